The monoisotopic (exact) mass is 261 g/mol. The predicted molar refractivity (Wildman–Crippen MR) is 81.8 cm³/mol. The van der Waals surface area contributed by atoms with E-state index in [0.29, 0.717) is 0 Å². The average molecular weight is 261 g/mol. The molecule has 0 aliphatic heterocycles. The first-order valence-electron chi connectivity index (χ1n) is 6.37. The molecule has 1 N–H and O–H groups in total. The molecular formula is C16H23NS. The molecule has 1 aromatic rings. The maximum absolute atomic E-state index is 3.49. The predicted octanol–water partition coefficient (Wildman–Crippen LogP) is 4.08. The molecule has 2 heteroatoms. The minimum Gasteiger partial charge on any atom is -0.308 e. The SMILES string of the molecule is CC#CCCSc1ccc(CNC(C)(C)C)cc1. The zero-order valence-electron chi connectivity index (χ0n) is 11.8. The van der Waals surface area contributed by atoms with E-state index in [9.17, 15) is 0 Å². The van der Waals surface area contributed by atoms with Crippen molar-refractivity contribution < 1.29 is 0 Å². The highest BCUT2D eigenvalue weighted by Crippen LogP contribution is 2.19. The molecule has 0 saturated heterocycles. The smallest absolute Gasteiger partial charge is 0.0210 e. The summed E-state index contributed by atoms with van der Waals surface area (Å²) in [6.45, 7) is 9.38. The average Bonchev–Trinajstić information content (AvgIpc) is 2.33. The van der Waals surface area contributed by atoms with Gasteiger partial charge in [0.1, 0.15) is 0 Å². The van der Waals surface area contributed by atoms with Gasteiger partial charge in [0.2, 0.25) is 0 Å². The van der Waals surface area contributed by atoms with E-state index in [-0.39, 0.29) is 5.54 Å². The lowest BCUT2D eigenvalue weighted by Gasteiger charge is -2.20. The molecular weight excluding hydrogens is 238 g/mol. The van der Waals surface area contributed by atoms with Crippen molar-refractivity contribution in [2.45, 2.75) is 51.1 Å². The maximum atomic E-state index is 3.49. The molecule has 1 rings (SSSR count). The van der Waals surface area contributed by atoms with Gasteiger partial charge >= 0.3 is 0 Å². The molecule has 0 heterocycles. The van der Waals surface area contributed by atoms with E-state index in [1.807, 2.05) is 18.7 Å². The van der Waals surface area contributed by atoms with Crippen molar-refractivity contribution in [3.8, 4) is 11.8 Å². The summed E-state index contributed by atoms with van der Waals surface area (Å²) in [6.07, 6.45) is 0.967. The molecule has 1 aromatic carbocycles. The molecule has 0 aromatic heterocycles. The molecule has 0 aliphatic rings. The van der Waals surface area contributed by atoms with Crippen LogP contribution < -0.4 is 5.32 Å². The standard InChI is InChI=1S/C16H23NS/c1-5-6-7-12-18-15-10-8-14(9-11-15)13-17-16(2,3)4/h8-11,17H,7,12-13H2,1-4H3. The van der Waals surface area contributed by atoms with Gasteiger partial charge in [-0.25, -0.2) is 0 Å². The van der Waals surface area contributed by atoms with Gasteiger partial charge in [0, 0.05) is 29.2 Å². The lowest BCUT2D eigenvalue weighted by atomic mass is 10.1. The molecule has 0 unspecified atom stereocenters. The van der Waals surface area contributed by atoms with Crippen LogP contribution in [0, 0.1) is 11.8 Å². The van der Waals surface area contributed by atoms with Crippen LogP contribution in [0.5, 0.6) is 0 Å². The highest BCUT2D eigenvalue weighted by Gasteiger charge is 2.07. The quantitative estimate of drug-likeness (QED) is 0.487. The minimum atomic E-state index is 0.173. The number of hydrogen-bond acceptors (Lipinski definition) is 2. The van der Waals surface area contributed by atoms with E-state index < -0.39 is 0 Å². The fraction of sp³-hybridized carbons (Fsp3) is 0.500. The number of hydrogen-bond donors (Lipinski definition) is 1. The van der Waals surface area contributed by atoms with Gasteiger partial charge in [0.25, 0.3) is 0 Å². The Labute approximate surface area is 116 Å². The van der Waals surface area contributed by atoms with Crippen molar-refractivity contribution in [3.63, 3.8) is 0 Å². The van der Waals surface area contributed by atoms with Crippen LogP contribution in [-0.4, -0.2) is 11.3 Å². The molecule has 0 saturated carbocycles. The third kappa shape index (κ3) is 6.74. The van der Waals surface area contributed by atoms with E-state index in [2.05, 4.69) is 62.2 Å². The van der Waals surface area contributed by atoms with E-state index in [1.54, 1.807) is 0 Å². The summed E-state index contributed by atoms with van der Waals surface area (Å²) in [7, 11) is 0. The highest BCUT2D eigenvalue weighted by molar-refractivity contribution is 7.99. The van der Waals surface area contributed by atoms with Crippen molar-refractivity contribution in [2.24, 2.45) is 0 Å². The van der Waals surface area contributed by atoms with Gasteiger partial charge in [0.05, 0.1) is 0 Å². The molecule has 0 spiro atoms. The van der Waals surface area contributed by atoms with Gasteiger partial charge < -0.3 is 5.32 Å². The molecule has 18 heavy (non-hydrogen) atoms. The van der Waals surface area contributed by atoms with Gasteiger partial charge in [0.15, 0.2) is 0 Å². The van der Waals surface area contributed by atoms with Crippen LogP contribution in [0.3, 0.4) is 0 Å². The summed E-state index contributed by atoms with van der Waals surface area (Å²) in [4.78, 5) is 1.33. The van der Waals surface area contributed by atoms with Gasteiger partial charge in [-0.05, 0) is 45.4 Å². The second-order valence-electron chi connectivity index (χ2n) is 5.27. The van der Waals surface area contributed by atoms with Crippen molar-refractivity contribution in [1.29, 1.82) is 0 Å². The topological polar surface area (TPSA) is 12.0 Å². The first-order valence-corrected chi connectivity index (χ1v) is 7.36. The van der Waals surface area contributed by atoms with Gasteiger partial charge in [-0.2, -0.15) is 0 Å². The fourth-order valence-electron chi connectivity index (χ4n) is 1.42. The molecule has 0 bridgehead atoms. The number of thioether (sulfide) groups is 1. The van der Waals surface area contributed by atoms with E-state index >= 15 is 0 Å². The number of nitrogens with one attached hydrogen (secondary N) is 1. The summed E-state index contributed by atoms with van der Waals surface area (Å²) in [5.41, 5.74) is 1.51. The summed E-state index contributed by atoms with van der Waals surface area (Å²) in [6, 6.07) is 8.80. The third-order valence-corrected chi connectivity index (χ3v) is 3.43. The largest absolute Gasteiger partial charge is 0.308 e. The molecule has 0 aliphatic carbocycles. The Hall–Kier alpha value is -0.910. The van der Waals surface area contributed by atoms with Crippen molar-refractivity contribution >= 4 is 11.8 Å². The first-order chi connectivity index (χ1) is 8.51. The van der Waals surface area contributed by atoms with Crippen molar-refractivity contribution in [1.82, 2.24) is 5.32 Å². The third-order valence-electron chi connectivity index (χ3n) is 2.42. The molecule has 98 valence electrons. The lowest BCUT2D eigenvalue weighted by molar-refractivity contribution is 0.424. The Kier molecular flexibility index (Phi) is 6.32. The van der Waals surface area contributed by atoms with Crippen LogP contribution in [0.4, 0.5) is 0 Å². The Morgan fingerprint density at radius 3 is 2.39 bits per heavy atom. The van der Waals surface area contributed by atoms with Crippen LogP contribution in [0.1, 0.15) is 39.7 Å². The Morgan fingerprint density at radius 2 is 1.83 bits per heavy atom. The minimum absolute atomic E-state index is 0.173. The van der Waals surface area contributed by atoms with E-state index in [4.69, 9.17) is 0 Å². The zero-order valence-corrected chi connectivity index (χ0v) is 12.7. The molecule has 0 atom stereocenters. The van der Waals surface area contributed by atoms with Gasteiger partial charge in [-0.15, -0.1) is 23.6 Å². The van der Waals surface area contributed by atoms with E-state index in [1.165, 1.54) is 10.5 Å². The summed E-state index contributed by atoms with van der Waals surface area (Å²) >= 11 is 1.87. The van der Waals surface area contributed by atoms with Crippen molar-refractivity contribution in [3.05, 3.63) is 29.8 Å². The summed E-state index contributed by atoms with van der Waals surface area (Å²) in [5, 5.41) is 3.49. The second kappa shape index (κ2) is 7.51. The summed E-state index contributed by atoms with van der Waals surface area (Å²) < 4.78 is 0. The number of benzene rings is 1. The van der Waals surface area contributed by atoms with Crippen molar-refractivity contribution in [2.75, 3.05) is 5.75 Å². The molecule has 0 fully saturated rings. The maximum Gasteiger partial charge on any atom is 0.0210 e. The Balaban J connectivity index is 2.39. The molecule has 1 nitrogen and oxygen atoms in total. The van der Waals surface area contributed by atoms with Gasteiger partial charge in [-0.3, -0.25) is 0 Å². The van der Waals surface area contributed by atoms with Gasteiger partial charge in [-0.1, -0.05) is 12.1 Å². The Morgan fingerprint density at radius 1 is 1.17 bits per heavy atom. The summed E-state index contributed by atoms with van der Waals surface area (Å²) in [5.74, 6) is 7.08. The van der Waals surface area contributed by atoms with Crippen LogP contribution >= 0.6 is 11.8 Å². The van der Waals surface area contributed by atoms with Crippen LogP contribution in [0.2, 0.25) is 0 Å². The lowest BCUT2D eigenvalue weighted by Crippen LogP contribution is -2.35. The zero-order chi connectivity index (χ0) is 13.4. The Bertz CT molecular complexity index is 403. The van der Waals surface area contributed by atoms with E-state index in [0.717, 1.165) is 18.7 Å². The first kappa shape index (κ1) is 15.1. The van der Waals surface area contributed by atoms with Crippen LogP contribution in [0.15, 0.2) is 29.2 Å². The number of rotatable bonds is 5. The second-order valence-corrected chi connectivity index (χ2v) is 6.44. The highest BCUT2D eigenvalue weighted by atomic mass is 32.2. The molecule has 0 radical (unpaired) electrons. The van der Waals surface area contributed by atoms with Crippen LogP contribution in [0.25, 0.3) is 0 Å². The fourth-order valence-corrected chi connectivity index (χ4v) is 2.18. The normalized spacial score (nSPS) is 10.9. The van der Waals surface area contributed by atoms with Crippen LogP contribution in [-0.2, 0) is 6.54 Å². The molecule has 0 amide bonds.